The number of hydrogen-bond acceptors (Lipinski definition) is 3. The number of rotatable bonds is 4. The topological polar surface area (TPSA) is 32.3 Å². The molecule has 0 radical (unpaired) electrons. The Morgan fingerprint density at radius 1 is 1.08 bits per heavy atom. The van der Waals surface area contributed by atoms with Crippen molar-refractivity contribution in [3.05, 3.63) is 60.2 Å². The molecule has 3 rings (SSSR count). The fourth-order valence-corrected chi connectivity index (χ4v) is 3.52. The number of hydrogen-bond donors (Lipinski definition) is 1. The predicted octanol–water partition coefficient (Wildman–Crippen LogP) is 4.63. The smallest absolute Gasteiger partial charge is 0.380 e. The lowest BCUT2D eigenvalue weighted by Crippen LogP contribution is -2.32. The Balaban J connectivity index is 1.68. The van der Waals surface area contributed by atoms with Crippen LogP contribution in [-0.2, 0) is 0 Å². The normalized spacial score (nSPS) is 17.6. The Labute approximate surface area is 148 Å². The van der Waals surface area contributed by atoms with Crippen molar-refractivity contribution in [1.29, 1.82) is 0 Å². The SMILES string of the molecule is O=C(c1ccccc1SC(F)(F)F)N1CCC(Nc2ccccc2)C1. The van der Waals surface area contributed by atoms with Gasteiger partial charge in [0.1, 0.15) is 0 Å². The Hall–Kier alpha value is -2.15. The van der Waals surface area contributed by atoms with E-state index in [9.17, 15) is 18.0 Å². The summed E-state index contributed by atoms with van der Waals surface area (Å²) in [5.41, 5.74) is -3.35. The van der Waals surface area contributed by atoms with Gasteiger partial charge < -0.3 is 10.2 Å². The molecule has 1 N–H and O–H groups in total. The van der Waals surface area contributed by atoms with Gasteiger partial charge in [-0.3, -0.25) is 4.79 Å². The molecule has 1 heterocycles. The highest BCUT2D eigenvalue weighted by atomic mass is 32.2. The number of benzene rings is 2. The van der Waals surface area contributed by atoms with Gasteiger partial charge in [-0.25, -0.2) is 0 Å². The molecule has 0 aliphatic carbocycles. The van der Waals surface area contributed by atoms with Crippen LogP contribution in [0.4, 0.5) is 18.9 Å². The average molecular weight is 366 g/mol. The second kappa shape index (κ2) is 7.39. The van der Waals surface area contributed by atoms with Crippen LogP contribution in [0.3, 0.4) is 0 Å². The molecular formula is C18H17F3N2OS. The van der Waals surface area contributed by atoms with Gasteiger partial charge in [0, 0.05) is 29.7 Å². The summed E-state index contributed by atoms with van der Waals surface area (Å²) in [4.78, 5) is 14.2. The van der Waals surface area contributed by atoms with Crippen LogP contribution in [0.15, 0.2) is 59.5 Å². The number of nitrogens with zero attached hydrogens (tertiary/aromatic N) is 1. The van der Waals surface area contributed by atoms with Gasteiger partial charge in [0.15, 0.2) is 0 Å². The number of amides is 1. The highest BCUT2D eigenvalue weighted by molar-refractivity contribution is 8.00. The van der Waals surface area contributed by atoms with Crippen molar-refractivity contribution in [1.82, 2.24) is 4.90 Å². The second-order valence-electron chi connectivity index (χ2n) is 5.79. The van der Waals surface area contributed by atoms with Crippen LogP contribution >= 0.6 is 11.8 Å². The summed E-state index contributed by atoms with van der Waals surface area (Å²) in [7, 11) is 0. The summed E-state index contributed by atoms with van der Waals surface area (Å²) < 4.78 is 38.1. The van der Waals surface area contributed by atoms with E-state index in [1.807, 2.05) is 30.3 Å². The Bertz CT molecular complexity index is 737. The number of carbonyl (C=O) groups excluding carboxylic acids is 1. The molecule has 1 saturated heterocycles. The van der Waals surface area contributed by atoms with Crippen LogP contribution in [-0.4, -0.2) is 35.4 Å². The van der Waals surface area contributed by atoms with Gasteiger partial charge in [0.05, 0.1) is 5.56 Å². The van der Waals surface area contributed by atoms with Gasteiger partial charge in [-0.15, -0.1) is 0 Å². The Morgan fingerprint density at radius 3 is 2.48 bits per heavy atom. The van der Waals surface area contributed by atoms with Crippen LogP contribution in [0.2, 0.25) is 0 Å². The van der Waals surface area contributed by atoms with E-state index in [1.165, 1.54) is 18.2 Å². The molecule has 2 aromatic carbocycles. The number of para-hydroxylation sites is 1. The van der Waals surface area contributed by atoms with E-state index in [4.69, 9.17) is 0 Å². The monoisotopic (exact) mass is 366 g/mol. The van der Waals surface area contributed by atoms with E-state index in [-0.39, 0.29) is 34.2 Å². The third-order valence-corrected chi connectivity index (χ3v) is 4.77. The van der Waals surface area contributed by atoms with Crippen molar-refractivity contribution in [2.45, 2.75) is 22.9 Å². The van der Waals surface area contributed by atoms with Gasteiger partial charge in [-0.05, 0) is 42.4 Å². The number of nitrogens with one attached hydrogen (secondary N) is 1. The van der Waals surface area contributed by atoms with Gasteiger partial charge >= 0.3 is 5.51 Å². The molecule has 1 amide bonds. The molecule has 1 unspecified atom stereocenters. The van der Waals surface area contributed by atoms with Crippen molar-refractivity contribution in [2.75, 3.05) is 18.4 Å². The van der Waals surface area contributed by atoms with Crippen molar-refractivity contribution in [3.8, 4) is 0 Å². The van der Waals surface area contributed by atoms with Crippen LogP contribution in [0.5, 0.6) is 0 Å². The molecular weight excluding hydrogens is 349 g/mol. The fraction of sp³-hybridized carbons (Fsp3) is 0.278. The van der Waals surface area contributed by atoms with Crippen LogP contribution < -0.4 is 5.32 Å². The number of halogens is 3. The minimum absolute atomic E-state index is 0.0560. The molecule has 2 aromatic rings. The van der Waals surface area contributed by atoms with Crippen molar-refractivity contribution >= 4 is 23.4 Å². The molecule has 7 heteroatoms. The van der Waals surface area contributed by atoms with Crippen molar-refractivity contribution in [3.63, 3.8) is 0 Å². The number of thioether (sulfide) groups is 1. The lowest BCUT2D eigenvalue weighted by molar-refractivity contribution is -0.0328. The molecule has 25 heavy (non-hydrogen) atoms. The zero-order chi connectivity index (χ0) is 17.9. The lowest BCUT2D eigenvalue weighted by Gasteiger charge is -2.19. The van der Waals surface area contributed by atoms with E-state index in [1.54, 1.807) is 11.0 Å². The molecule has 132 valence electrons. The summed E-state index contributed by atoms with van der Waals surface area (Å²) in [5, 5.41) is 3.35. The van der Waals surface area contributed by atoms with E-state index < -0.39 is 5.51 Å². The third kappa shape index (κ3) is 4.69. The minimum atomic E-state index is -4.42. The summed E-state index contributed by atoms with van der Waals surface area (Å²) in [5.74, 6) is -0.357. The van der Waals surface area contributed by atoms with E-state index in [2.05, 4.69) is 5.32 Å². The quantitative estimate of drug-likeness (QED) is 0.801. The molecule has 0 saturated carbocycles. The van der Waals surface area contributed by atoms with Gasteiger partial charge in [-0.1, -0.05) is 30.3 Å². The van der Waals surface area contributed by atoms with Crippen molar-refractivity contribution < 1.29 is 18.0 Å². The molecule has 1 fully saturated rings. The van der Waals surface area contributed by atoms with Crippen LogP contribution in [0.25, 0.3) is 0 Å². The van der Waals surface area contributed by atoms with E-state index >= 15 is 0 Å². The lowest BCUT2D eigenvalue weighted by atomic mass is 10.2. The first-order valence-corrected chi connectivity index (χ1v) is 8.70. The fourth-order valence-electron chi connectivity index (χ4n) is 2.86. The first kappa shape index (κ1) is 17.7. The first-order chi connectivity index (χ1) is 11.9. The molecule has 0 aromatic heterocycles. The second-order valence-corrected chi connectivity index (χ2v) is 6.90. The molecule has 0 spiro atoms. The van der Waals surface area contributed by atoms with Crippen LogP contribution in [0.1, 0.15) is 16.8 Å². The summed E-state index contributed by atoms with van der Waals surface area (Å²) >= 11 is -0.245. The largest absolute Gasteiger partial charge is 0.446 e. The minimum Gasteiger partial charge on any atom is -0.380 e. The highest BCUT2D eigenvalue weighted by Gasteiger charge is 2.33. The molecule has 3 nitrogen and oxygen atoms in total. The zero-order valence-electron chi connectivity index (χ0n) is 13.3. The number of anilines is 1. The highest BCUT2D eigenvalue weighted by Crippen LogP contribution is 2.39. The summed E-state index contributed by atoms with van der Waals surface area (Å²) in [6.07, 6.45) is 0.759. The number of likely N-dealkylation sites (tertiary alicyclic amines) is 1. The molecule has 1 atom stereocenters. The predicted molar refractivity (Wildman–Crippen MR) is 92.7 cm³/mol. The van der Waals surface area contributed by atoms with E-state index in [0.717, 1.165) is 12.1 Å². The maximum atomic E-state index is 12.7. The maximum Gasteiger partial charge on any atom is 0.446 e. The molecule has 1 aliphatic heterocycles. The van der Waals surface area contributed by atoms with E-state index in [0.29, 0.717) is 13.1 Å². The Morgan fingerprint density at radius 2 is 1.76 bits per heavy atom. The first-order valence-electron chi connectivity index (χ1n) is 7.88. The van der Waals surface area contributed by atoms with Crippen molar-refractivity contribution in [2.24, 2.45) is 0 Å². The third-order valence-electron chi connectivity index (χ3n) is 3.96. The summed E-state index contributed by atoms with van der Waals surface area (Å²) in [6, 6.07) is 15.6. The van der Waals surface area contributed by atoms with Gasteiger partial charge in [-0.2, -0.15) is 13.2 Å². The standard InChI is InChI=1S/C18H17F3N2OS/c19-18(20,21)25-16-9-5-4-8-15(16)17(24)23-11-10-14(12-23)22-13-6-2-1-3-7-13/h1-9,14,22H,10-12H2. The van der Waals surface area contributed by atoms with Gasteiger partial charge in [0.25, 0.3) is 5.91 Å². The number of carbonyl (C=O) groups is 1. The molecule has 1 aliphatic rings. The Kier molecular flexibility index (Phi) is 5.22. The van der Waals surface area contributed by atoms with Crippen LogP contribution in [0, 0.1) is 0 Å². The zero-order valence-corrected chi connectivity index (χ0v) is 14.1. The maximum absolute atomic E-state index is 12.7. The van der Waals surface area contributed by atoms with Gasteiger partial charge in [0.2, 0.25) is 0 Å². The number of alkyl halides is 3. The summed E-state index contributed by atoms with van der Waals surface area (Å²) in [6.45, 7) is 0.993. The average Bonchev–Trinajstić information content (AvgIpc) is 3.03. The molecule has 0 bridgehead atoms.